The van der Waals surface area contributed by atoms with E-state index in [1.807, 2.05) is 10.8 Å². The minimum absolute atomic E-state index is 0.122. The molecule has 0 amide bonds. The Hall–Kier alpha value is -1.82. The van der Waals surface area contributed by atoms with Crippen LogP contribution >= 0.6 is 0 Å². The van der Waals surface area contributed by atoms with Crippen molar-refractivity contribution in [2.45, 2.75) is 31.3 Å². The van der Waals surface area contributed by atoms with Gasteiger partial charge in [-0.25, -0.2) is 13.4 Å². The van der Waals surface area contributed by atoms with Crippen LogP contribution in [0.25, 0.3) is 0 Å². The number of hydrogen-bond acceptors (Lipinski definition) is 4. The molecule has 0 aliphatic rings. The number of benzene rings is 1. The molecule has 1 aromatic heterocycles. The molecule has 0 fully saturated rings. The topological polar surface area (TPSA) is 64.0 Å². The Kier molecular flexibility index (Phi) is 4.44. The van der Waals surface area contributed by atoms with Crippen LogP contribution in [-0.4, -0.2) is 29.8 Å². The Bertz CT molecular complexity index is 634. The van der Waals surface area contributed by atoms with Gasteiger partial charge in [0, 0.05) is 30.7 Å². The monoisotopic (exact) mass is 293 g/mol. The van der Waals surface area contributed by atoms with E-state index >= 15 is 0 Å². The Balaban J connectivity index is 2.00. The van der Waals surface area contributed by atoms with Crippen LogP contribution in [-0.2, 0) is 16.4 Å². The van der Waals surface area contributed by atoms with Crippen molar-refractivity contribution in [3.8, 4) is 0 Å². The largest absolute Gasteiger partial charge is 0.381 e. The molecule has 1 atom stereocenters. The maximum absolute atomic E-state index is 11.7. The molecule has 1 heterocycles. The van der Waals surface area contributed by atoms with Gasteiger partial charge in [0.15, 0.2) is 9.84 Å². The van der Waals surface area contributed by atoms with Crippen LogP contribution in [0.4, 0.5) is 5.69 Å². The molecule has 6 heteroatoms. The summed E-state index contributed by atoms with van der Waals surface area (Å²) in [4.78, 5) is 4.37. The van der Waals surface area contributed by atoms with Gasteiger partial charge in [-0.05, 0) is 31.2 Å². The van der Waals surface area contributed by atoms with Crippen molar-refractivity contribution in [2.75, 3.05) is 11.1 Å². The minimum atomic E-state index is -3.12. The molecule has 0 radical (unpaired) electrons. The highest BCUT2D eigenvalue weighted by molar-refractivity contribution is 7.91. The molecular formula is C14H19N3O2S. The SMILES string of the molecule is CCS(=O)(=O)c1ccc(NC(C)Cn2ccnc2)cc1. The van der Waals surface area contributed by atoms with Gasteiger partial charge in [0.25, 0.3) is 0 Å². The number of hydrogen-bond donors (Lipinski definition) is 1. The number of sulfone groups is 1. The standard InChI is InChI=1S/C14H19N3O2S/c1-3-20(18,19)14-6-4-13(5-7-14)16-12(2)10-17-9-8-15-11-17/h4-9,11-12,16H,3,10H2,1-2H3. The summed E-state index contributed by atoms with van der Waals surface area (Å²) in [5.41, 5.74) is 0.910. The Labute approximate surface area is 119 Å². The van der Waals surface area contributed by atoms with E-state index in [1.54, 1.807) is 43.7 Å². The molecule has 2 aromatic rings. The smallest absolute Gasteiger partial charge is 0.178 e. The Morgan fingerprint density at radius 2 is 2.00 bits per heavy atom. The third-order valence-corrected chi connectivity index (χ3v) is 4.80. The second-order valence-electron chi connectivity index (χ2n) is 4.73. The molecule has 0 aliphatic heterocycles. The molecule has 0 spiro atoms. The number of rotatable bonds is 6. The third kappa shape index (κ3) is 3.60. The number of nitrogens with zero attached hydrogens (tertiary/aromatic N) is 2. The average molecular weight is 293 g/mol. The van der Waals surface area contributed by atoms with Gasteiger partial charge in [0.05, 0.1) is 17.0 Å². The predicted molar refractivity (Wildman–Crippen MR) is 79.5 cm³/mol. The van der Waals surface area contributed by atoms with Crippen molar-refractivity contribution < 1.29 is 8.42 Å². The lowest BCUT2D eigenvalue weighted by molar-refractivity contribution is 0.597. The molecule has 0 saturated heterocycles. The predicted octanol–water partition coefficient (Wildman–Crippen LogP) is 2.18. The molecule has 0 saturated carbocycles. The summed E-state index contributed by atoms with van der Waals surface area (Å²) in [7, 11) is -3.12. The number of imidazole rings is 1. The average Bonchev–Trinajstić information content (AvgIpc) is 2.92. The second kappa shape index (κ2) is 6.09. The summed E-state index contributed by atoms with van der Waals surface area (Å²) >= 11 is 0. The minimum Gasteiger partial charge on any atom is -0.381 e. The Morgan fingerprint density at radius 1 is 1.30 bits per heavy atom. The maximum atomic E-state index is 11.7. The van der Waals surface area contributed by atoms with Crippen LogP contribution in [0.15, 0.2) is 47.9 Å². The highest BCUT2D eigenvalue weighted by Gasteiger charge is 2.11. The number of aromatic nitrogens is 2. The zero-order valence-electron chi connectivity index (χ0n) is 11.7. The van der Waals surface area contributed by atoms with E-state index in [9.17, 15) is 8.42 Å². The molecule has 2 rings (SSSR count). The van der Waals surface area contributed by atoms with Crippen LogP contribution < -0.4 is 5.32 Å². The van der Waals surface area contributed by atoms with E-state index in [-0.39, 0.29) is 11.8 Å². The fourth-order valence-corrected chi connectivity index (χ4v) is 2.85. The summed E-state index contributed by atoms with van der Waals surface area (Å²) in [5.74, 6) is 0.122. The van der Waals surface area contributed by atoms with Crippen LogP contribution in [0, 0.1) is 0 Å². The lowest BCUT2D eigenvalue weighted by atomic mass is 10.2. The van der Waals surface area contributed by atoms with Crippen LogP contribution in [0.1, 0.15) is 13.8 Å². The van der Waals surface area contributed by atoms with Gasteiger partial charge in [-0.3, -0.25) is 0 Å². The molecule has 108 valence electrons. The summed E-state index contributed by atoms with van der Waals surface area (Å²) in [6.07, 6.45) is 5.43. The van der Waals surface area contributed by atoms with Crippen molar-refractivity contribution in [2.24, 2.45) is 0 Å². The van der Waals surface area contributed by atoms with Crippen molar-refractivity contribution in [1.82, 2.24) is 9.55 Å². The highest BCUT2D eigenvalue weighted by Crippen LogP contribution is 2.16. The molecule has 1 aromatic carbocycles. The molecule has 5 nitrogen and oxygen atoms in total. The quantitative estimate of drug-likeness (QED) is 0.886. The fraction of sp³-hybridized carbons (Fsp3) is 0.357. The third-order valence-electron chi connectivity index (χ3n) is 3.05. The summed E-state index contributed by atoms with van der Waals surface area (Å²) < 4.78 is 25.4. The van der Waals surface area contributed by atoms with E-state index in [2.05, 4.69) is 17.2 Å². The van der Waals surface area contributed by atoms with Crippen LogP contribution in [0.5, 0.6) is 0 Å². The fourth-order valence-electron chi connectivity index (χ4n) is 1.97. The number of anilines is 1. The van der Waals surface area contributed by atoms with Crippen LogP contribution in [0.2, 0.25) is 0 Å². The van der Waals surface area contributed by atoms with Gasteiger partial charge in [-0.2, -0.15) is 0 Å². The van der Waals surface area contributed by atoms with Crippen molar-refractivity contribution >= 4 is 15.5 Å². The Morgan fingerprint density at radius 3 is 2.55 bits per heavy atom. The summed E-state index contributed by atoms with van der Waals surface area (Å²) in [6.45, 7) is 4.51. The van der Waals surface area contributed by atoms with Gasteiger partial charge in [-0.15, -0.1) is 0 Å². The summed E-state index contributed by atoms with van der Waals surface area (Å²) in [5, 5.41) is 3.33. The lowest BCUT2D eigenvalue weighted by Crippen LogP contribution is -2.21. The molecular weight excluding hydrogens is 274 g/mol. The van der Waals surface area contributed by atoms with Crippen molar-refractivity contribution in [3.63, 3.8) is 0 Å². The zero-order chi connectivity index (χ0) is 14.6. The highest BCUT2D eigenvalue weighted by atomic mass is 32.2. The molecule has 0 bridgehead atoms. The second-order valence-corrected chi connectivity index (χ2v) is 7.01. The van der Waals surface area contributed by atoms with E-state index in [4.69, 9.17) is 0 Å². The van der Waals surface area contributed by atoms with Crippen molar-refractivity contribution in [1.29, 1.82) is 0 Å². The van der Waals surface area contributed by atoms with E-state index in [0.717, 1.165) is 12.2 Å². The lowest BCUT2D eigenvalue weighted by Gasteiger charge is -2.16. The van der Waals surface area contributed by atoms with Crippen LogP contribution in [0.3, 0.4) is 0 Å². The molecule has 1 N–H and O–H groups in total. The van der Waals surface area contributed by atoms with Gasteiger partial charge in [-0.1, -0.05) is 6.92 Å². The first kappa shape index (κ1) is 14.6. The summed E-state index contributed by atoms with van der Waals surface area (Å²) in [6, 6.07) is 7.11. The number of nitrogens with one attached hydrogen (secondary N) is 1. The van der Waals surface area contributed by atoms with Gasteiger partial charge >= 0.3 is 0 Å². The van der Waals surface area contributed by atoms with E-state index in [0.29, 0.717) is 4.90 Å². The normalized spacial score (nSPS) is 13.1. The molecule has 20 heavy (non-hydrogen) atoms. The van der Waals surface area contributed by atoms with Gasteiger partial charge in [0.2, 0.25) is 0 Å². The zero-order valence-corrected chi connectivity index (χ0v) is 12.5. The maximum Gasteiger partial charge on any atom is 0.178 e. The van der Waals surface area contributed by atoms with E-state index in [1.165, 1.54) is 0 Å². The van der Waals surface area contributed by atoms with Gasteiger partial charge < -0.3 is 9.88 Å². The van der Waals surface area contributed by atoms with E-state index < -0.39 is 9.84 Å². The first-order valence-corrected chi connectivity index (χ1v) is 8.21. The van der Waals surface area contributed by atoms with Gasteiger partial charge in [0.1, 0.15) is 0 Å². The molecule has 0 aliphatic carbocycles. The van der Waals surface area contributed by atoms with Crippen molar-refractivity contribution in [3.05, 3.63) is 43.0 Å². The molecule has 1 unspecified atom stereocenters. The first-order valence-electron chi connectivity index (χ1n) is 6.56. The first-order chi connectivity index (χ1) is 9.51.